The van der Waals surface area contributed by atoms with E-state index in [4.69, 9.17) is 9.15 Å². The Morgan fingerprint density at radius 3 is 2.64 bits per heavy atom. The Labute approximate surface area is 166 Å². The fourth-order valence-electron chi connectivity index (χ4n) is 4.33. The number of aliphatic hydroxyl groups is 1. The van der Waals surface area contributed by atoms with Gasteiger partial charge in [-0.3, -0.25) is 9.80 Å². The number of methoxy groups -OCH3 is 1. The van der Waals surface area contributed by atoms with Gasteiger partial charge in [0, 0.05) is 58.6 Å². The molecule has 152 valence electrons. The molecule has 2 aliphatic heterocycles. The van der Waals surface area contributed by atoms with Crippen molar-refractivity contribution in [3.05, 3.63) is 48.0 Å². The predicted molar refractivity (Wildman–Crippen MR) is 107 cm³/mol. The van der Waals surface area contributed by atoms with E-state index in [-0.39, 0.29) is 12.1 Å². The van der Waals surface area contributed by atoms with Crippen LogP contribution in [0.15, 0.2) is 40.9 Å². The second kappa shape index (κ2) is 9.05. The fourth-order valence-corrected chi connectivity index (χ4v) is 4.33. The molecule has 7 nitrogen and oxygen atoms in total. The number of anilines is 1. The number of aromatic nitrogens is 1. The highest BCUT2D eigenvalue weighted by Gasteiger charge is 2.34. The van der Waals surface area contributed by atoms with Crippen LogP contribution in [0.3, 0.4) is 0 Å². The number of rotatable bonds is 6. The summed E-state index contributed by atoms with van der Waals surface area (Å²) in [7, 11) is 1.67. The summed E-state index contributed by atoms with van der Waals surface area (Å²) >= 11 is 0. The number of hydrogen-bond acceptors (Lipinski definition) is 7. The van der Waals surface area contributed by atoms with Gasteiger partial charge in [0.15, 0.2) is 0 Å². The number of furan rings is 1. The van der Waals surface area contributed by atoms with Crippen LogP contribution in [-0.2, 0) is 17.9 Å². The summed E-state index contributed by atoms with van der Waals surface area (Å²) in [6.07, 6.45) is 2.50. The number of aliphatic hydroxyl groups excluding tert-OH is 1. The largest absolute Gasteiger partial charge is 0.462 e. The van der Waals surface area contributed by atoms with E-state index in [9.17, 15) is 5.11 Å². The SMILES string of the molecule is COCc1ccc(CN2CC[C@H](N3CCN(c4ccccn4)CC3)[C@@H](O)C2)o1. The summed E-state index contributed by atoms with van der Waals surface area (Å²) < 4.78 is 10.9. The van der Waals surface area contributed by atoms with E-state index < -0.39 is 0 Å². The first kappa shape index (κ1) is 19.4. The van der Waals surface area contributed by atoms with Gasteiger partial charge < -0.3 is 19.2 Å². The molecule has 4 heterocycles. The Bertz CT molecular complexity index is 730. The Kier molecular flexibility index (Phi) is 6.26. The van der Waals surface area contributed by atoms with Crippen molar-refractivity contribution in [3.8, 4) is 0 Å². The van der Waals surface area contributed by atoms with Crippen molar-refractivity contribution in [1.82, 2.24) is 14.8 Å². The standard InChI is InChI=1S/C21H30N4O3/c1-27-16-18-6-5-17(28-18)14-23-9-7-19(20(26)15-23)24-10-12-25(13-11-24)21-4-2-3-8-22-21/h2-6,8,19-20,26H,7,9-16H2,1H3/t19-,20-/m0/s1. The first-order valence-corrected chi connectivity index (χ1v) is 10.1. The van der Waals surface area contributed by atoms with E-state index in [1.165, 1.54) is 0 Å². The zero-order valence-electron chi connectivity index (χ0n) is 16.5. The summed E-state index contributed by atoms with van der Waals surface area (Å²) in [6, 6.07) is 10.3. The average molecular weight is 386 g/mol. The maximum absolute atomic E-state index is 10.8. The quantitative estimate of drug-likeness (QED) is 0.809. The smallest absolute Gasteiger partial charge is 0.129 e. The van der Waals surface area contributed by atoms with Gasteiger partial charge >= 0.3 is 0 Å². The molecule has 2 atom stereocenters. The lowest BCUT2D eigenvalue weighted by Gasteiger charge is -2.45. The van der Waals surface area contributed by atoms with Crippen LogP contribution in [-0.4, -0.2) is 78.4 Å². The van der Waals surface area contributed by atoms with E-state index in [1.807, 2.05) is 30.5 Å². The lowest BCUT2D eigenvalue weighted by molar-refractivity contribution is -0.0188. The normalized spacial score (nSPS) is 24.6. The van der Waals surface area contributed by atoms with Crippen LogP contribution in [0.1, 0.15) is 17.9 Å². The van der Waals surface area contributed by atoms with Crippen molar-refractivity contribution < 1.29 is 14.3 Å². The number of piperidine rings is 1. The fraction of sp³-hybridized carbons (Fsp3) is 0.571. The van der Waals surface area contributed by atoms with Crippen molar-refractivity contribution >= 4 is 5.82 Å². The van der Waals surface area contributed by atoms with Crippen LogP contribution in [0.2, 0.25) is 0 Å². The van der Waals surface area contributed by atoms with Gasteiger partial charge in [0.1, 0.15) is 23.9 Å². The molecule has 0 saturated carbocycles. The number of ether oxygens (including phenoxy) is 1. The molecule has 28 heavy (non-hydrogen) atoms. The van der Waals surface area contributed by atoms with Gasteiger partial charge in [0.2, 0.25) is 0 Å². The highest BCUT2D eigenvalue weighted by molar-refractivity contribution is 5.38. The second-order valence-electron chi connectivity index (χ2n) is 7.67. The Hall–Kier alpha value is -1.93. The average Bonchev–Trinajstić information content (AvgIpc) is 3.16. The molecule has 0 aromatic carbocycles. The molecule has 2 fully saturated rings. The molecule has 2 aliphatic rings. The van der Waals surface area contributed by atoms with Crippen LogP contribution in [0.5, 0.6) is 0 Å². The molecule has 1 N–H and O–H groups in total. The number of likely N-dealkylation sites (tertiary alicyclic amines) is 1. The van der Waals surface area contributed by atoms with Crippen molar-refractivity contribution in [2.75, 3.05) is 51.3 Å². The third kappa shape index (κ3) is 4.55. The first-order valence-electron chi connectivity index (χ1n) is 10.1. The van der Waals surface area contributed by atoms with Gasteiger partial charge in [-0.1, -0.05) is 6.07 Å². The molecular weight excluding hydrogens is 356 g/mol. The van der Waals surface area contributed by atoms with Gasteiger partial charge in [0.05, 0.1) is 12.6 Å². The summed E-state index contributed by atoms with van der Waals surface area (Å²) in [6.45, 7) is 6.75. The van der Waals surface area contributed by atoms with Gasteiger partial charge in [-0.25, -0.2) is 4.98 Å². The first-order chi connectivity index (χ1) is 13.7. The highest BCUT2D eigenvalue weighted by Crippen LogP contribution is 2.22. The van der Waals surface area contributed by atoms with E-state index >= 15 is 0 Å². The Balaban J connectivity index is 1.26. The minimum absolute atomic E-state index is 0.239. The lowest BCUT2D eigenvalue weighted by Crippen LogP contribution is -2.58. The predicted octanol–water partition coefficient (Wildman–Crippen LogP) is 1.58. The summed E-state index contributed by atoms with van der Waals surface area (Å²) in [5.74, 6) is 2.82. The van der Waals surface area contributed by atoms with E-state index in [1.54, 1.807) is 7.11 Å². The van der Waals surface area contributed by atoms with Gasteiger partial charge in [-0.15, -0.1) is 0 Å². The lowest BCUT2D eigenvalue weighted by atomic mass is 9.99. The van der Waals surface area contributed by atoms with Crippen molar-refractivity contribution in [1.29, 1.82) is 0 Å². The van der Waals surface area contributed by atoms with E-state index in [0.717, 1.165) is 63.0 Å². The molecule has 2 aromatic rings. The van der Waals surface area contributed by atoms with Gasteiger partial charge in [-0.05, 0) is 30.7 Å². The summed E-state index contributed by atoms with van der Waals surface area (Å²) in [4.78, 5) is 11.5. The molecular formula is C21H30N4O3. The molecule has 2 saturated heterocycles. The van der Waals surface area contributed by atoms with E-state index in [2.05, 4.69) is 25.8 Å². The second-order valence-corrected chi connectivity index (χ2v) is 7.67. The number of β-amino-alcohol motifs (C(OH)–C–C–N with tert-alkyl or cyclic N) is 1. The summed E-state index contributed by atoms with van der Waals surface area (Å²) in [5, 5.41) is 10.8. The monoisotopic (exact) mass is 386 g/mol. The highest BCUT2D eigenvalue weighted by atomic mass is 16.5. The minimum Gasteiger partial charge on any atom is -0.462 e. The molecule has 7 heteroatoms. The number of hydrogen-bond donors (Lipinski definition) is 1. The van der Waals surface area contributed by atoms with Crippen LogP contribution in [0.4, 0.5) is 5.82 Å². The molecule has 0 bridgehead atoms. The molecule has 0 spiro atoms. The minimum atomic E-state index is -0.330. The van der Waals surface area contributed by atoms with Gasteiger partial charge in [-0.2, -0.15) is 0 Å². The molecule has 4 rings (SSSR count). The molecule has 2 aromatic heterocycles. The summed E-state index contributed by atoms with van der Waals surface area (Å²) in [5.41, 5.74) is 0. The zero-order valence-corrected chi connectivity index (χ0v) is 16.5. The van der Waals surface area contributed by atoms with Crippen molar-refractivity contribution in [2.24, 2.45) is 0 Å². The van der Waals surface area contributed by atoms with Crippen LogP contribution < -0.4 is 4.90 Å². The third-order valence-electron chi connectivity index (χ3n) is 5.77. The third-order valence-corrected chi connectivity index (χ3v) is 5.77. The van der Waals surface area contributed by atoms with Gasteiger partial charge in [0.25, 0.3) is 0 Å². The maximum Gasteiger partial charge on any atom is 0.129 e. The van der Waals surface area contributed by atoms with Crippen LogP contribution in [0.25, 0.3) is 0 Å². The van der Waals surface area contributed by atoms with Crippen molar-refractivity contribution in [3.63, 3.8) is 0 Å². The van der Waals surface area contributed by atoms with E-state index in [0.29, 0.717) is 13.2 Å². The number of piperazine rings is 1. The topological polar surface area (TPSA) is 65.2 Å². The molecule has 0 amide bonds. The van der Waals surface area contributed by atoms with Crippen molar-refractivity contribution in [2.45, 2.75) is 31.7 Å². The number of nitrogens with zero attached hydrogens (tertiary/aromatic N) is 4. The van der Waals surface area contributed by atoms with Crippen LogP contribution >= 0.6 is 0 Å². The molecule has 0 unspecified atom stereocenters. The van der Waals surface area contributed by atoms with Crippen LogP contribution in [0, 0.1) is 0 Å². The number of pyridine rings is 1. The zero-order chi connectivity index (χ0) is 19.3. The maximum atomic E-state index is 10.8. The Morgan fingerprint density at radius 1 is 1.11 bits per heavy atom. The molecule has 0 aliphatic carbocycles. The Morgan fingerprint density at radius 2 is 1.93 bits per heavy atom. The molecule has 0 radical (unpaired) electrons.